The Bertz CT molecular complexity index is 625. The van der Waals surface area contributed by atoms with Gasteiger partial charge in [-0.3, -0.25) is 9.69 Å². The first-order chi connectivity index (χ1) is 11.8. The van der Waals surface area contributed by atoms with Crippen LogP contribution in [0.3, 0.4) is 0 Å². The van der Waals surface area contributed by atoms with Crippen LogP contribution in [-0.4, -0.2) is 54.2 Å². The topological polar surface area (TPSA) is 69.8 Å². The largest absolute Gasteiger partial charge is 0.388 e. The number of primary amides is 1. The van der Waals surface area contributed by atoms with Gasteiger partial charge in [-0.05, 0) is 57.7 Å². The molecule has 25 heavy (non-hydrogen) atoms. The van der Waals surface area contributed by atoms with Crippen LogP contribution in [-0.2, 0) is 4.79 Å². The summed E-state index contributed by atoms with van der Waals surface area (Å²) in [6, 6.07) is 8.42. The van der Waals surface area contributed by atoms with Gasteiger partial charge in [-0.2, -0.15) is 0 Å². The van der Waals surface area contributed by atoms with Crippen LogP contribution in [0.5, 0.6) is 0 Å². The van der Waals surface area contributed by atoms with E-state index < -0.39 is 11.0 Å². The Kier molecular flexibility index (Phi) is 5.07. The summed E-state index contributed by atoms with van der Waals surface area (Å²) < 4.78 is 0. The molecular weight excluding hydrogens is 314 g/mol. The number of nitrogens with two attached hydrogens (primary N) is 1. The Morgan fingerprint density at radius 2 is 1.88 bits per heavy atom. The van der Waals surface area contributed by atoms with E-state index in [-0.39, 0.29) is 5.91 Å². The second kappa shape index (κ2) is 6.96. The third-order valence-corrected chi connectivity index (χ3v) is 6.04. The van der Waals surface area contributed by atoms with Gasteiger partial charge in [0.15, 0.2) is 0 Å². The second-order valence-corrected chi connectivity index (χ2v) is 8.24. The van der Waals surface area contributed by atoms with Crippen molar-refractivity contribution >= 4 is 11.6 Å². The molecule has 1 atom stereocenters. The molecule has 3 rings (SSSR count). The van der Waals surface area contributed by atoms with Crippen LogP contribution in [0.25, 0.3) is 0 Å². The third-order valence-electron chi connectivity index (χ3n) is 6.04. The lowest BCUT2D eigenvalue weighted by Gasteiger charge is -2.45. The highest BCUT2D eigenvalue weighted by atomic mass is 16.3. The first kappa shape index (κ1) is 18.2. The van der Waals surface area contributed by atoms with Gasteiger partial charge in [0, 0.05) is 31.9 Å². The summed E-state index contributed by atoms with van der Waals surface area (Å²) in [4.78, 5) is 16.4. The fourth-order valence-electron chi connectivity index (χ4n) is 4.34. The number of benzene rings is 1. The van der Waals surface area contributed by atoms with Crippen LogP contribution < -0.4 is 10.6 Å². The molecule has 2 heterocycles. The summed E-state index contributed by atoms with van der Waals surface area (Å²) in [6.07, 6.45) is 3.32. The number of nitrogens with zero attached hydrogens (tertiary/aromatic N) is 2. The Balaban J connectivity index is 1.59. The van der Waals surface area contributed by atoms with E-state index >= 15 is 0 Å². The molecule has 2 aliphatic rings. The van der Waals surface area contributed by atoms with Crippen molar-refractivity contribution in [3.63, 3.8) is 0 Å². The lowest BCUT2D eigenvalue weighted by molar-refractivity contribution is -0.131. The zero-order chi connectivity index (χ0) is 18.1. The minimum absolute atomic E-state index is 0.224. The number of likely N-dealkylation sites (tertiary alicyclic amines) is 1. The molecule has 5 nitrogen and oxygen atoms in total. The number of hydrogen-bond acceptors (Lipinski definition) is 4. The summed E-state index contributed by atoms with van der Waals surface area (Å²) in [5.41, 5.74) is 7.00. The van der Waals surface area contributed by atoms with Crippen LogP contribution in [0.1, 0.15) is 38.2 Å². The molecule has 3 N–H and O–H groups in total. The number of aliphatic hydroxyl groups is 1. The molecule has 1 aromatic carbocycles. The quantitative estimate of drug-likeness (QED) is 0.875. The molecule has 0 aliphatic carbocycles. The molecule has 2 fully saturated rings. The van der Waals surface area contributed by atoms with E-state index in [4.69, 9.17) is 5.73 Å². The van der Waals surface area contributed by atoms with E-state index in [1.54, 1.807) is 0 Å². The highest BCUT2D eigenvalue weighted by Crippen LogP contribution is 2.33. The second-order valence-electron chi connectivity index (χ2n) is 8.24. The van der Waals surface area contributed by atoms with Gasteiger partial charge in [0.2, 0.25) is 5.91 Å². The molecule has 1 unspecified atom stereocenters. The lowest BCUT2D eigenvalue weighted by Crippen LogP contribution is -2.55. The minimum atomic E-state index is -0.672. The molecule has 0 aromatic heterocycles. The molecule has 0 bridgehead atoms. The number of aryl methyl sites for hydroxylation is 1. The Morgan fingerprint density at radius 3 is 2.52 bits per heavy atom. The Morgan fingerprint density at radius 1 is 1.20 bits per heavy atom. The van der Waals surface area contributed by atoms with Gasteiger partial charge >= 0.3 is 0 Å². The van der Waals surface area contributed by atoms with Gasteiger partial charge in [-0.15, -0.1) is 0 Å². The maximum Gasteiger partial charge on any atom is 0.224 e. The van der Waals surface area contributed by atoms with Crippen molar-refractivity contribution in [3.8, 4) is 0 Å². The number of β-amino-alcohol motifs (C(OH)–C–C–N with tert-alkyl or cyclic N) is 1. The highest BCUT2D eigenvalue weighted by molar-refractivity contribution is 5.80. The van der Waals surface area contributed by atoms with Crippen molar-refractivity contribution in [1.29, 1.82) is 0 Å². The van der Waals surface area contributed by atoms with E-state index in [1.165, 1.54) is 11.3 Å². The Labute approximate surface area is 150 Å². The summed E-state index contributed by atoms with van der Waals surface area (Å²) in [6.45, 7) is 8.04. The SMILES string of the molecule is Cc1ccccc1N1CCC(O)(CN2CCCC(C)(C(N)=O)C2)CC1. The number of carbonyl (C=O) groups is 1. The first-order valence-corrected chi connectivity index (χ1v) is 9.37. The average molecular weight is 345 g/mol. The van der Waals surface area contributed by atoms with Gasteiger partial charge in [0.05, 0.1) is 11.0 Å². The molecule has 1 amide bonds. The first-order valence-electron chi connectivity index (χ1n) is 9.37. The van der Waals surface area contributed by atoms with Crippen LogP contribution >= 0.6 is 0 Å². The molecule has 5 heteroatoms. The number of anilines is 1. The monoisotopic (exact) mass is 345 g/mol. The smallest absolute Gasteiger partial charge is 0.224 e. The molecule has 0 spiro atoms. The van der Waals surface area contributed by atoms with E-state index in [1.807, 2.05) is 6.92 Å². The van der Waals surface area contributed by atoms with Crippen molar-refractivity contribution < 1.29 is 9.90 Å². The fraction of sp³-hybridized carbons (Fsp3) is 0.650. The maximum atomic E-state index is 11.8. The van der Waals surface area contributed by atoms with E-state index in [2.05, 4.69) is 41.0 Å². The highest BCUT2D eigenvalue weighted by Gasteiger charge is 2.40. The molecule has 2 aliphatic heterocycles. The number of amides is 1. The van der Waals surface area contributed by atoms with Gasteiger partial charge in [-0.25, -0.2) is 0 Å². The van der Waals surface area contributed by atoms with E-state index in [0.717, 1.165) is 45.3 Å². The van der Waals surface area contributed by atoms with Crippen LogP contribution in [0.2, 0.25) is 0 Å². The van der Waals surface area contributed by atoms with Crippen molar-refractivity contribution in [1.82, 2.24) is 4.90 Å². The zero-order valence-corrected chi connectivity index (χ0v) is 15.5. The maximum absolute atomic E-state index is 11.8. The average Bonchev–Trinajstić information content (AvgIpc) is 2.56. The minimum Gasteiger partial charge on any atom is -0.388 e. The van der Waals surface area contributed by atoms with Crippen LogP contribution in [0.4, 0.5) is 5.69 Å². The predicted octanol–water partition coefficient (Wildman–Crippen LogP) is 1.91. The van der Waals surface area contributed by atoms with Crippen molar-refractivity contribution in [2.45, 2.75) is 45.1 Å². The third kappa shape index (κ3) is 3.98. The standard InChI is InChI=1S/C20H31N3O2/c1-16-6-3-4-7-17(16)23-12-9-20(25,10-13-23)15-22-11-5-8-19(2,14-22)18(21)24/h3-4,6-7,25H,5,8-15H2,1-2H3,(H2,21,24). The fourth-order valence-corrected chi connectivity index (χ4v) is 4.34. The number of para-hydroxylation sites is 1. The van der Waals surface area contributed by atoms with Crippen LogP contribution in [0, 0.1) is 12.3 Å². The molecule has 2 saturated heterocycles. The van der Waals surface area contributed by atoms with Crippen molar-refractivity contribution in [3.05, 3.63) is 29.8 Å². The number of carbonyl (C=O) groups excluding carboxylic acids is 1. The molecule has 0 radical (unpaired) electrons. The van der Waals surface area contributed by atoms with Gasteiger partial charge < -0.3 is 15.7 Å². The number of piperidine rings is 2. The Hall–Kier alpha value is -1.59. The zero-order valence-electron chi connectivity index (χ0n) is 15.5. The van der Waals surface area contributed by atoms with Crippen molar-refractivity contribution in [2.24, 2.45) is 11.1 Å². The molecule has 0 saturated carbocycles. The number of hydrogen-bond donors (Lipinski definition) is 2. The summed E-state index contributed by atoms with van der Waals surface area (Å²) >= 11 is 0. The van der Waals surface area contributed by atoms with Crippen molar-refractivity contribution in [2.75, 3.05) is 37.6 Å². The molecule has 1 aromatic rings. The van der Waals surface area contributed by atoms with E-state index in [0.29, 0.717) is 13.1 Å². The summed E-state index contributed by atoms with van der Waals surface area (Å²) in [5, 5.41) is 11.1. The molecule has 138 valence electrons. The van der Waals surface area contributed by atoms with Gasteiger partial charge in [0.1, 0.15) is 0 Å². The normalized spacial score (nSPS) is 27.2. The van der Waals surface area contributed by atoms with Gasteiger partial charge in [-0.1, -0.05) is 18.2 Å². The van der Waals surface area contributed by atoms with Crippen LogP contribution in [0.15, 0.2) is 24.3 Å². The number of rotatable bonds is 4. The lowest BCUT2D eigenvalue weighted by atomic mass is 9.80. The molecular formula is C20H31N3O2. The predicted molar refractivity (Wildman–Crippen MR) is 101 cm³/mol. The van der Waals surface area contributed by atoms with Gasteiger partial charge in [0.25, 0.3) is 0 Å². The van der Waals surface area contributed by atoms with E-state index in [9.17, 15) is 9.90 Å². The summed E-state index contributed by atoms with van der Waals surface area (Å²) in [5.74, 6) is -0.224. The summed E-state index contributed by atoms with van der Waals surface area (Å²) in [7, 11) is 0.